The lowest BCUT2D eigenvalue weighted by Crippen LogP contribution is -2.36. The summed E-state index contributed by atoms with van der Waals surface area (Å²) in [4.78, 5) is 22.1. The molecule has 1 saturated heterocycles. The Morgan fingerprint density at radius 3 is 2.58 bits per heavy atom. The van der Waals surface area contributed by atoms with Crippen molar-refractivity contribution in [1.29, 1.82) is 0 Å². The number of carbonyl (C=O) groups excluding carboxylic acids is 1. The van der Waals surface area contributed by atoms with E-state index >= 15 is 0 Å². The van der Waals surface area contributed by atoms with Crippen LogP contribution in [0.25, 0.3) is 0 Å². The van der Waals surface area contributed by atoms with Crippen molar-refractivity contribution in [2.24, 2.45) is 0 Å². The first-order chi connectivity index (χ1) is 12.5. The zero-order chi connectivity index (χ0) is 17.9. The zero-order valence-corrected chi connectivity index (χ0v) is 15.3. The number of nitrogens with one attached hydrogen (secondary N) is 3. The molecule has 26 heavy (non-hydrogen) atoms. The van der Waals surface area contributed by atoms with Gasteiger partial charge in [-0.1, -0.05) is 0 Å². The van der Waals surface area contributed by atoms with Gasteiger partial charge in [0.05, 0.1) is 16.7 Å². The molecule has 1 aromatic heterocycles. The average Bonchev–Trinajstić information content (AvgIpc) is 3.25. The van der Waals surface area contributed by atoms with Gasteiger partial charge in [0.2, 0.25) is 11.9 Å². The highest BCUT2D eigenvalue weighted by Gasteiger charge is 2.60. The van der Waals surface area contributed by atoms with Gasteiger partial charge in [-0.05, 0) is 65.0 Å². The summed E-state index contributed by atoms with van der Waals surface area (Å²) < 4.78 is 0. The Morgan fingerprint density at radius 2 is 1.92 bits per heavy atom. The molecule has 2 aliphatic heterocycles. The van der Waals surface area contributed by atoms with Crippen LogP contribution in [0.3, 0.4) is 0 Å². The first-order valence-corrected chi connectivity index (χ1v) is 9.93. The van der Waals surface area contributed by atoms with Gasteiger partial charge in [-0.2, -0.15) is 4.98 Å². The number of aliphatic hydroxyl groups is 1. The van der Waals surface area contributed by atoms with Gasteiger partial charge in [0.25, 0.3) is 0 Å². The number of anilines is 2. The first-order valence-electron chi connectivity index (χ1n) is 9.93. The Balaban J connectivity index is 1.56. The second-order valence-corrected chi connectivity index (χ2v) is 8.66. The summed E-state index contributed by atoms with van der Waals surface area (Å²) in [5.41, 5.74) is 0.655. The number of piperidine rings is 1. The molecule has 7 nitrogen and oxygen atoms in total. The standard InChI is InChI=1S/C19H27N5O2/c1-18(26)6-2-3-12(18)14-13-15(23-16(25)19(13)7-8-19)24-17(22-14)21-11-4-9-20-10-5-11/h11-12,20,26H,2-10H2,1H3,(H2,21,22,23,24,25)/t12-,18+/m0/s1. The molecule has 2 aliphatic carbocycles. The Kier molecular flexibility index (Phi) is 3.56. The van der Waals surface area contributed by atoms with E-state index in [1.807, 2.05) is 6.92 Å². The van der Waals surface area contributed by atoms with Crippen molar-refractivity contribution in [3.63, 3.8) is 0 Å². The predicted molar refractivity (Wildman–Crippen MR) is 98.3 cm³/mol. The van der Waals surface area contributed by atoms with Gasteiger partial charge in [-0.25, -0.2) is 4.98 Å². The number of fused-ring (bicyclic) bond motifs is 2. The van der Waals surface area contributed by atoms with E-state index in [1.54, 1.807) is 0 Å². The summed E-state index contributed by atoms with van der Waals surface area (Å²) in [6, 6.07) is 0.346. The van der Waals surface area contributed by atoms with Crippen LogP contribution in [0.4, 0.5) is 11.8 Å². The minimum absolute atomic E-state index is 0.0296. The van der Waals surface area contributed by atoms with Crippen molar-refractivity contribution >= 4 is 17.7 Å². The fourth-order valence-electron chi connectivity index (χ4n) is 5.03. The van der Waals surface area contributed by atoms with Crippen LogP contribution < -0.4 is 16.0 Å². The molecule has 0 aromatic carbocycles. The maximum absolute atomic E-state index is 12.6. The van der Waals surface area contributed by atoms with E-state index in [1.165, 1.54) is 0 Å². The zero-order valence-electron chi connectivity index (χ0n) is 15.3. The highest BCUT2D eigenvalue weighted by Crippen LogP contribution is 2.58. The average molecular weight is 357 g/mol. The van der Waals surface area contributed by atoms with Crippen molar-refractivity contribution in [1.82, 2.24) is 15.3 Å². The lowest BCUT2D eigenvalue weighted by atomic mass is 9.84. The van der Waals surface area contributed by atoms with E-state index in [0.29, 0.717) is 17.8 Å². The maximum atomic E-state index is 12.6. The van der Waals surface area contributed by atoms with Gasteiger partial charge in [-0.15, -0.1) is 0 Å². The van der Waals surface area contributed by atoms with Crippen LogP contribution in [0.2, 0.25) is 0 Å². The van der Waals surface area contributed by atoms with Crippen LogP contribution in [0.15, 0.2) is 0 Å². The minimum atomic E-state index is -0.768. The third-order valence-corrected chi connectivity index (χ3v) is 6.76. The van der Waals surface area contributed by atoms with Gasteiger partial charge >= 0.3 is 0 Å². The Hall–Kier alpha value is -1.73. The molecule has 140 valence electrons. The number of hydrogen-bond donors (Lipinski definition) is 4. The highest BCUT2D eigenvalue weighted by atomic mass is 16.3. The SMILES string of the molecule is C[C@@]1(O)CCC[C@H]1c1nc(NC2CCNCC2)nc2c1C1(CC1)C(=O)N2. The van der Waals surface area contributed by atoms with Gasteiger partial charge in [0.15, 0.2) is 0 Å². The monoisotopic (exact) mass is 357 g/mol. The summed E-state index contributed by atoms with van der Waals surface area (Å²) in [7, 11) is 0. The molecule has 0 bridgehead atoms. The molecule has 3 fully saturated rings. The molecule has 5 rings (SSSR count). The summed E-state index contributed by atoms with van der Waals surface area (Å²) in [6.45, 7) is 3.89. The second-order valence-electron chi connectivity index (χ2n) is 8.66. The van der Waals surface area contributed by atoms with E-state index in [0.717, 1.165) is 69.3 Å². The summed E-state index contributed by atoms with van der Waals surface area (Å²) in [5.74, 6) is 1.28. The number of nitrogens with zero attached hydrogens (tertiary/aromatic N) is 2. The molecule has 0 unspecified atom stereocenters. The van der Waals surface area contributed by atoms with E-state index in [9.17, 15) is 9.90 Å². The molecule has 2 atom stereocenters. The fraction of sp³-hybridized carbons (Fsp3) is 0.737. The van der Waals surface area contributed by atoms with Crippen molar-refractivity contribution in [3.8, 4) is 0 Å². The molecule has 2 saturated carbocycles. The molecule has 1 aromatic rings. The third-order valence-electron chi connectivity index (χ3n) is 6.76. The minimum Gasteiger partial charge on any atom is -0.389 e. The molecule has 4 N–H and O–H groups in total. The molecule has 7 heteroatoms. The summed E-state index contributed by atoms with van der Waals surface area (Å²) in [5, 5.41) is 20.7. The number of carbonyl (C=O) groups is 1. The highest BCUT2D eigenvalue weighted by molar-refractivity contribution is 6.08. The lowest BCUT2D eigenvalue weighted by molar-refractivity contribution is -0.117. The van der Waals surface area contributed by atoms with Crippen LogP contribution in [-0.4, -0.2) is 45.7 Å². The summed E-state index contributed by atoms with van der Waals surface area (Å²) >= 11 is 0. The van der Waals surface area contributed by atoms with Crippen LogP contribution in [-0.2, 0) is 10.2 Å². The van der Waals surface area contributed by atoms with Gasteiger partial charge < -0.3 is 21.1 Å². The maximum Gasteiger partial charge on any atom is 0.236 e. The number of amides is 1. The van der Waals surface area contributed by atoms with Gasteiger partial charge in [-0.3, -0.25) is 4.79 Å². The van der Waals surface area contributed by atoms with Crippen molar-refractivity contribution < 1.29 is 9.90 Å². The van der Waals surface area contributed by atoms with Crippen LogP contribution >= 0.6 is 0 Å². The smallest absolute Gasteiger partial charge is 0.236 e. The quantitative estimate of drug-likeness (QED) is 0.656. The molecule has 3 heterocycles. The van der Waals surface area contributed by atoms with Gasteiger partial charge in [0.1, 0.15) is 5.82 Å². The van der Waals surface area contributed by atoms with Gasteiger partial charge in [0, 0.05) is 17.5 Å². The van der Waals surface area contributed by atoms with Crippen LogP contribution in [0.1, 0.15) is 69.0 Å². The molecular weight excluding hydrogens is 330 g/mol. The second kappa shape index (κ2) is 5.63. The van der Waals surface area contributed by atoms with Crippen LogP contribution in [0.5, 0.6) is 0 Å². The molecular formula is C19H27N5O2. The molecule has 4 aliphatic rings. The van der Waals surface area contributed by atoms with E-state index in [4.69, 9.17) is 4.98 Å². The van der Waals surface area contributed by atoms with Crippen molar-refractivity contribution in [2.45, 2.75) is 74.8 Å². The molecule has 1 spiro atoms. The van der Waals surface area contributed by atoms with Crippen molar-refractivity contribution in [2.75, 3.05) is 23.7 Å². The summed E-state index contributed by atoms with van der Waals surface area (Å²) in [6.07, 6.45) is 6.47. The predicted octanol–water partition coefficient (Wildman–Crippen LogP) is 1.64. The topological polar surface area (TPSA) is 99.2 Å². The number of aromatic nitrogens is 2. The van der Waals surface area contributed by atoms with Crippen molar-refractivity contribution in [3.05, 3.63) is 11.3 Å². The van der Waals surface area contributed by atoms with E-state index < -0.39 is 11.0 Å². The Labute approximate surface area is 153 Å². The normalized spacial score (nSPS) is 32.5. The number of hydrogen-bond acceptors (Lipinski definition) is 6. The number of rotatable bonds is 3. The lowest BCUT2D eigenvalue weighted by Gasteiger charge is -2.28. The van der Waals surface area contributed by atoms with E-state index in [-0.39, 0.29) is 11.8 Å². The van der Waals surface area contributed by atoms with Crippen LogP contribution in [0, 0.1) is 0 Å². The molecule has 1 amide bonds. The fourth-order valence-corrected chi connectivity index (χ4v) is 5.03. The Morgan fingerprint density at radius 1 is 1.15 bits per heavy atom. The molecule has 0 radical (unpaired) electrons. The first kappa shape index (κ1) is 16.4. The Bertz CT molecular complexity index is 753. The third kappa shape index (κ3) is 2.44. The largest absolute Gasteiger partial charge is 0.389 e. The van der Waals surface area contributed by atoms with E-state index in [2.05, 4.69) is 20.9 Å².